The second-order valence-electron chi connectivity index (χ2n) is 6.70. The number of hydrogen-bond donors (Lipinski definition) is 1. The molecule has 1 aliphatic carbocycles. The minimum absolute atomic E-state index is 0.0564. The number of nitrogens with zero attached hydrogens (tertiary/aromatic N) is 2. The summed E-state index contributed by atoms with van der Waals surface area (Å²) < 4.78 is 12.9. The lowest BCUT2D eigenvalue weighted by molar-refractivity contribution is -0.130. The predicted octanol–water partition coefficient (Wildman–Crippen LogP) is 1.65. The van der Waals surface area contributed by atoms with Gasteiger partial charge in [-0.05, 0) is 43.5 Å². The zero-order chi connectivity index (χ0) is 17.8. The number of hydrogen-bond acceptors (Lipinski definition) is 3. The molecule has 3 rings (SSSR count). The molecule has 1 atom stereocenters. The highest BCUT2D eigenvalue weighted by Crippen LogP contribution is 2.19. The quantitative estimate of drug-likeness (QED) is 0.826. The van der Waals surface area contributed by atoms with Crippen LogP contribution in [0.3, 0.4) is 0 Å². The van der Waals surface area contributed by atoms with Gasteiger partial charge >= 0.3 is 0 Å². The molecule has 1 N–H and O–H groups in total. The molecule has 1 aromatic carbocycles. The van der Waals surface area contributed by atoms with Gasteiger partial charge in [0.2, 0.25) is 11.8 Å². The molecular formula is C19H24FN3O2. The highest BCUT2D eigenvalue weighted by Gasteiger charge is 2.30. The number of carbonyl (C=O) groups is 2. The zero-order valence-electron chi connectivity index (χ0n) is 14.5. The number of amides is 2. The van der Waals surface area contributed by atoms with E-state index in [-0.39, 0.29) is 23.7 Å². The van der Waals surface area contributed by atoms with Crippen molar-refractivity contribution >= 4 is 17.9 Å². The van der Waals surface area contributed by atoms with Gasteiger partial charge < -0.3 is 10.2 Å². The second kappa shape index (κ2) is 7.78. The molecule has 2 amide bonds. The molecule has 0 spiro atoms. The lowest BCUT2D eigenvalue weighted by Crippen LogP contribution is -2.55. The van der Waals surface area contributed by atoms with Crippen LogP contribution in [0, 0.1) is 5.82 Å². The molecule has 2 aliphatic rings. The maximum Gasteiger partial charge on any atom is 0.246 e. The van der Waals surface area contributed by atoms with Crippen LogP contribution in [0.2, 0.25) is 0 Å². The van der Waals surface area contributed by atoms with Crippen molar-refractivity contribution < 1.29 is 14.0 Å². The van der Waals surface area contributed by atoms with Crippen LogP contribution < -0.4 is 5.32 Å². The van der Waals surface area contributed by atoms with E-state index in [2.05, 4.69) is 10.2 Å². The molecule has 1 heterocycles. The summed E-state index contributed by atoms with van der Waals surface area (Å²) in [6.07, 6.45) is 5.38. The predicted molar refractivity (Wildman–Crippen MR) is 94.2 cm³/mol. The SMILES string of the molecule is CC(C(=O)NC1CC1)N1CCN(C(=O)C=Cc2ccc(F)cc2)CC1. The standard InChI is InChI=1S/C19H24FN3O2/c1-14(19(25)21-17-7-8-17)22-10-12-23(13-11-22)18(24)9-4-15-2-5-16(20)6-3-15/h2-6,9,14,17H,7-8,10-13H2,1H3,(H,21,25). The molecule has 1 saturated heterocycles. The minimum Gasteiger partial charge on any atom is -0.352 e. The zero-order valence-corrected chi connectivity index (χ0v) is 14.5. The average molecular weight is 345 g/mol. The normalized spacial score (nSPS) is 19.8. The molecule has 6 heteroatoms. The number of benzene rings is 1. The van der Waals surface area contributed by atoms with E-state index < -0.39 is 0 Å². The Morgan fingerprint density at radius 2 is 1.80 bits per heavy atom. The summed E-state index contributed by atoms with van der Waals surface area (Å²) >= 11 is 0. The Kier molecular flexibility index (Phi) is 5.48. The third-order valence-electron chi connectivity index (χ3n) is 4.77. The highest BCUT2D eigenvalue weighted by atomic mass is 19.1. The van der Waals surface area contributed by atoms with E-state index in [4.69, 9.17) is 0 Å². The highest BCUT2D eigenvalue weighted by molar-refractivity contribution is 5.91. The van der Waals surface area contributed by atoms with Crippen molar-refractivity contribution in [1.82, 2.24) is 15.1 Å². The van der Waals surface area contributed by atoms with Crippen LogP contribution >= 0.6 is 0 Å². The van der Waals surface area contributed by atoms with Gasteiger partial charge in [-0.1, -0.05) is 12.1 Å². The number of piperazine rings is 1. The van der Waals surface area contributed by atoms with Gasteiger partial charge in [-0.3, -0.25) is 14.5 Å². The summed E-state index contributed by atoms with van der Waals surface area (Å²) in [5, 5.41) is 3.03. The molecule has 0 bridgehead atoms. The molecule has 0 aromatic heterocycles. The Morgan fingerprint density at radius 3 is 2.40 bits per heavy atom. The van der Waals surface area contributed by atoms with Crippen LogP contribution in [0.4, 0.5) is 4.39 Å². The topological polar surface area (TPSA) is 52.7 Å². The Morgan fingerprint density at radius 1 is 1.16 bits per heavy atom. The largest absolute Gasteiger partial charge is 0.352 e. The summed E-state index contributed by atoms with van der Waals surface area (Å²) in [5.74, 6) is -0.267. The minimum atomic E-state index is -0.292. The molecular weight excluding hydrogens is 321 g/mol. The average Bonchev–Trinajstić information content (AvgIpc) is 3.44. The molecule has 0 radical (unpaired) electrons. The molecule has 1 unspecified atom stereocenters. The molecule has 134 valence electrons. The van der Waals surface area contributed by atoms with Crippen molar-refractivity contribution in [3.8, 4) is 0 Å². The van der Waals surface area contributed by atoms with E-state index in [0.29, 0.717) is 32.2 Å². The summed E-state index contributed by atoms with van der Waals surface area (Å²) in [6.45, 7) is 4.51. The number of halogens is 1. The summed E-state index contributed by atoms with van der Waals surface area (Å²) in [6, 6.07) is 6.23. The van der Waals surface area contributed by atoms with Gasteiger partial charge in [-0.25, -0.2) is 4.39 Å². The lowest BCUT2D eigenvalue weighted by Gasteiger charge is -2.37. The smallest absolute Gasteiger partial charge is 0.246 e. The van der Waals surface area contributed by atoms with Crippen LogP contribution in [0.5, 0.6) is 0 Å². The van der Waals surface area contributed by atoms with E-state index in [9.17, 15) is 14.0 Å². The third-order valence-corrected chi connectivity index (χ3v) is 4.77. The molecule has 1 aliphatic heterocycles. The summed E-state index contributed by atoms with van der Waals surface area (Å²) in [5.41, 5.74) is 0.791. The van der Waals surface area contributed by atoms with Crippen LogP contribution in [-0.2, 0) is 9.59 Å². The first-order valence-corrected chi connectivity index (χ1v) is 8.80. The van der Waals surface area contributed by atoms with Crippen LogP contribution in [0.1, 0.15) is 25.3 Å². The first kappa shape index (κ1) is 17.6. The molecule has 1 saturated carbocycles. The third kappa shape index (κ3) is 4.89. The van der Waals surface area contributed by atoms with E-state index in [1.54, 1.807) is 23.1 Å². The van der Waals surface area contributed by atoms with Gasteiger partial charge in [0.25, 0.3) is 0 Å². The van der Waals surface area contributed by atoms with E-state index in [1.807, 2.05) is 6.92 Å². The van der Waals surface area contributed by atoms with Crippen LogP contribution in [-0.4, -0.2) is 59.9 Å². The van der Waals surface area contributed by atoms with Crippen molar-refractivity contribution in [2.75, 3.05) is 26.2 Å². The fourth-order valence-electron chi connectivity index (χ4n) is 2.89. The maximum atomic E-state index is 12.9. The van der Waals surface area contributed by atoms with Gasteiger partial charge in [0.05, 0.1) is 6.04 Å². The Hall–Kier alpha value is -2.21. The van der Waals surface area contributed by atoms with E-state index in [1.165, 1.54) is 18.2 Å². The molecule has 1 aromatic rings. The fourth-order valence-corrected chi connectivity index (χ4v) is 2.89. The number of nitrogens with one attached hydrogen (secondary N) is 1. The Bertz CT molecular complexity index is 647. The first-order chi connectivity index (χ1) is 12.0. The summed E-state index contributed by atoms with van der Waals surface area (Å²) in [4.78, 5) is 28.3. The van der Waals surface area contributed by atoms with Crippen molar-refractivity contribution in [2.24, 2.45) is 0 Å². The maximum absolute atomic E-state index is 12.9. The second-order valence-corrected chi connectivity index (χ2v) is 6.70. The molecule has 5 nitrogen and oxygen atoms in total. The van der Waals surface area contributed by atoms with Gasteiger partial charge in [-0.15, -0.1) is 0 Å². The van der Waals surface area contributed by atoms with Gasteiger partial charge in [0.1, 0.15) is 5.82 Å². The van der Waals surface area contributed by atoms with Crippen molar-refractivity contribution in [3.63, 3.8) is 0 Å². The Balaban J connectivity index is 1.46. The molecule has 2 fully saturated rings. The van der Waals surface area contributed by atoms with Gasteiger partial charge in [-0.2, -0.15) is 0 Å². The van der Waals surface area contributed by atoms with Crippen LogP contribution in [0.25, 0.3) is 6.08 Å². The first-order valence-electron chi connectivity index (χ1n) is 8.80. The van der Waals surface area contributed by atoms with Crippen LogP contribution in [0.15, 0.2) is 30.3 Å². The van der Waals surface area contributed by atoms with E-state index >= 15 is 0 Å². The van der Waals surface area contributed by atoms with Crippen molar-refractivity contribution in [1.29, 1.82) is 0 Å². The van der Waals surface area contributed by atoms with Gasteiger partial charge in [0, 0.05) is 38.3 Å². The van der Waals surface area contributed by atoms with Crippen molar-refractivity contribution in [2.45, 2.75) is 31.8 Å². The lowest BCUT2D eigenvalue weighted by atomic mass is 10.2. The van der Waals surface area contributed by atoms with Gasteiger partial charge in [0.15, 0.2) is 0 Å². The molecule has 25 heavy (non-hydrogen) atoms. The number of rotatable bonds is 5. The van der Waals surface area contributed by atoms with Crippen molar-refractivity contribution in [3.05, 3.63) is 41.7 Å². The number of carbonyl (C=O) groups excluding carboxylic acids is 2. The Labute approximate surface area is 147 Å². The summed E-state index contributed by atoms with van der Waals surface area (Å²) in [7, 11) is 0. The monoisotopic (exact) mass is 345 g/mol. The fraction of sp³-hybridized carbons (Fsp3) is 0.474. The van der Waals surface area contributed by atoms with E-state index in [0.717, 1.165) is 18.4 Å².